The Morgan fingerprint density at radius 1 is 0.906 bits per heavy atom. The van der Waals surface area contributed by atoms with Crippen LogP contribution in [0.1, 0.15) is 38.2 Å². The molecule has 0 aliphatic carbocycles. The van der Waals surface area contributed by atoms with Gasteiger partial charge < -0.3 is 9.64 Å². The first-order chi connectivity index (χ1) is 15.3. The lowest BCUT2D eigenvalue weighted by Crippen LogP contribution is -2.39. The van der Waals surface area contributed by atoms with Crippen molar-refractivity contribution < 1.29 is 14.3 Å². The van der Waals surface area contributed by atoms with Gasteiger partial charge in [0.2, 0.25) is 0 Å². The highest BCUT2D eigenvalue weighted by atomic mass is 16.5. The Morgan fingerprint density at radius 2 is 1.47 bits per heavy atom. The molecule has 3 rings (SSSR count). The second-order valence-electron chi connectivity index (χ2n) is 8.61. The van der Waals surface area contributed by atoms with Crippen LogP contribution in [0.15, 0.2) is 59.4 Å². The molecular weight excluding hydrogens is 406 g/mol. The minimum Gasteiger partial charge on any atom is -0.451 e. The maximum absolute atomic E-state index is 13.0. The van der Waals surface area contributed by atoms with Gasteiger partial charge in [0.1, 0.15) is 0 Å². The highest BCUT2D eigenvalue weighted by molar-refractivity contribution is 6.02. The summed E-state index contributed by atoms with van der Waals surface area (Å²) in [6.07, 6.45) is 0. The molecule has 0 N–H and O–H groups in total. The van der Waals surface area contributed by atoms with Gasteiger partial charge in [-0.15, -0.1) is 0 Å². The van der Waals surface area contributed by atoms with E-state index in [0.717, 1.165) is 0 Å². The smallest absolute Gasteiger partial charge is 0.359 e. The molecule has 0 fully saturated rings. The fraction of sp³-hybridized carbons (Fsp3) is 0.360. The summed E-state index contributed by atoms with van der Waals surface area (Å²) < 4.78 is 6.55. The number of rotatable bonds is 8. The molecule has 0 unspecified atom stereocenters. The Morgan fingerprint density at radius 3 is 2.06 bits per heavy atom. The van der Waals surface area contributed by atoms with E-state index < -0.39 is 5.97 Å². The van der Waals surface area contributed by atoms with Crippen molar-refractivity contribution in [2.45, 2.75) is 27.7 Å². The van der Waals surface area contributed by atoms with Crippen molar-refractivity contribution in [3.8, 4) is 5.69 Å². The number of esters is 1. The van der Waals surface area contributed by atoms with Gasteiger partial charge in [-0.3, -0.25) is 9.59 Å². The Kier molecular flexibility index (Phi) is 7.41. The number of hydrogen-bond acceptors (Lipinski definition) is 5. The number of para-hydroxylation sites is 1. The Hall–Kier alpha value is -3.48. The lowest BCUT2D eigenvalue weighted by atomic mass is 10.1. The standard InChI is InChI=1S/C25H29N3O4/c1-17(2)14-27(15-18(3)4)22(29)16-32-25(31)23-20-12-8-9-13-21(20)24(30)28(26-23)19-10-6-5-7-11-19/h5-13,17-18H,14-16H2,1-4H3. The van der Waals surface area contributed by atoms with Gasteiger partial charge in [0.15, 0.2) is 12.3 Å². The van der Waals surface area contributed by atoms with Crippen LogP contribution in [0.5, 0.6) is 0 Å². The van der Waals surface area contributed by atoms with Gasteiger partial charge in [-0.2, -0.15) is 9.78 Å². The summed E-state index contributed by atoms with van der Waals surface area (Å²) in [5, 5.41) is 5.04. The fourth-order valence-electron chi connectivity index (χ4n) is 3.53. The molecule has 2 aromatic carbocycles. The van der Waals surface area contributed by atoms with Gasteiger partial charge in [-0.25, -0.2) is 4.79 Å². The summed E-state index contributed by atoms with van der Waals surface area (Å²) in [6.45, 7) is 8.96. The van der Waals surface area contributed by atoms with Crippen molar-refractivity contribution in [3.63, 3.8) is 0 Å². The molecule has 7 heteroatoms. The van der Waals surface area contributed by atoms with Gasteiger partial charge >= 0.3 is 5.97 Å². The first-order valence-corrected chi connectivity index (χ1v) is 10.8. The summed E-state index contributed by atoms with van der Waals surface area (Å²) in [4.78, 5) is 40.4. The zero-order valence-electron chi connectivity index (χ0n) is 18.9. The van der Waals surface area contributed by atoms with Crippen molar-refractivity contribution >= 4 is 22.6 Å². The highest BCUT2D eigenvalue weighted by Gasteiger charge is 2.22. The number of aromatic nitrogens is 2. The summed E-state index contributed by atoms with van der Waals surface area (Å²) in [5.74, 6) is -0.392. The van der Waals surface area contributed by atoms with Gasteiger partial charge in [-0.05, 0) is 30.0 Å². The van der Waals surface area contributed by atoms with Crippen LogP contribution in [-0.4, -0.2) is 46.3 Å². The number of benzene rings is 2. The Balaban J connectivity index is 1.90. The number of carbonyl (C=O) groups excluding carboxylic acids is 2. The van der Waals surface area contributed by atoms with Crippen LogP contribution < -0.4 is 5.56 Å². The second-order valence-corrected chi connectivity index (χ2v) is 8.61. The lowest BCUT2D eigenvalue weighted by molar-refractivity contribution is -0.135. The molecule has 0 aliphatic rings. The summed E-state index contributed by atoms with van der Waals surface area (Å²) in [7, 11) is 0. The number of ether oxygens (including phenoxy) is 1. The summed E-state index contributed by atoms with van der Waals surface area (Å²) in [5.41, 5.74) is 0.198. The third-order valence-electron chi connectivity index (χ3n) is 4.85. The van der Waals surface area contributed by atoms with Crippen molar-refractivity contribution in [2.75, 3.05) is 19.7 Å². The third kappa shape index (κ3) is 5.41. The molecule has 1 heterocycles. The second kappa shape index (κ2) is 10.2. The van der Waals surface area contributed by atoms with Gasteiger partial charge in [0.25, 0.3) is 11.5 Å². The van der Waals surface area contributed by atoms with Crippen molar-refractivity contribution in [1.82, 2.24) is 14.7 Å². The van der Waals surface area contributed by atoms with E-state index in [2.05, 4.69) is 5.10 Å². The molecule has 0 radical (unpaired) electrons. The molecule has 0 aliphatic heterocycles. The average Bonchev–Trinajstić information content (AvgIpc) is 2.77. The Labute approximate surface area is 187 Å². The van der Waals surface area contributed by atoms with Gasteiger partial charge in [-0.1, -0.05) is 64.1 Å². The molecule has 168 valence electrons. The topological polar surface area (TPSA) is 81.5 Å². The molecule has 0 saturated carbocycles. The van der Waals surface area contributed by atoms with E-state index in [1.54, 1.807) is 53.4 Å². The monoisotopic (exact) mass is 435 g/mol. The first kappa shape index (κ1) is 23.2. The highest BCUT2D eigenvalue weighted by Crippen LogP contribution is 2.16. The number of carbonyl (C=O) groups is 2. The minimum atomic E-state index is -0.742. The number of amides is 1. The fourth-order valence-corrected chi connectivity index (χ4v) is 3.53. The van der Waals surface area contributed by atoms with Crippen molar-refractivity contribution in [2.24, 2.45) is 11.8 Å². The van der Waals surface area contributed by atoms with Crippen LogP contribution in [0.4, 0.5) is 0 Å². The van der Waals surface area contributed by atoms with Crippen LogP contribution in [0.25, 0.3) is 16.5 Å². The number of hydrogen-bond donors (Lipinski definition) is 0. The number of fused-ring (bicyclic) bond motifs is 1. The van der Waals surface area contributed by atoms with E-state index in [9.17, 15) is 14.4 Å². The zero-order valence-corrected chi connectivity index (χ0v) is 18.9. The lowest BCUT2D eigenvalue weighted by Gasteiger charge is -2.26. The molecule has 7 nitrogen and oxygen atoms in total. The van der Waals surface area contributed by atoms with Crippen LogP contribution >= 0.6 is 0 Å². The molecule has 3 aromatic rings. The first-order valence-electron chi connectivity index (χ1n) is 10.8. The van der Waals surface area contributed by atoms with E-state index in [1.165, 1.54) is 4.68 Å². The normalized spacial score (nSPS) is 11.2. The summed E-state index contributed by atoms with van der Waals surface area (Å²) in [6, 6.07) is 15.6. The molecule has 0 bridgehead atoms. The quantitative estimate of drug-likeness (QED) is 0.504. The largest absolute Gasteiger partial charge is 0.451 e. The van der Waals surface area contributed by atoms with E-state index in [0.29, 0.717) is 41.4 Å². The molecular formula is C25H29N3O4. The number of nitrogens with zero attached hydrogens (tertiary/aromatic N) is 3. The van der Waals surface area contributed by atoms with Gasteiger partial charge in [0, 0.05) is 18.5 Å². The van der Waals surface area contributed by atoms with Crippen LogP contribution in [-0.2, 0) is 9.53 Å². The Bertz CT molecular complexity index is 1140. The van der Waals surface area contributed by atoms with E-state index in [-0.39, 0.29) is 23.8 Å². The SMILES string of the molecule is CC(C)CN(CC(C)C)C(=O)COC(=O)c1nn(-c2ccccc2)c(=O)c2ccccc12. The van der Waals surface area contributed by atoms with Crippen LogP contribution in [0, 0.1) is 11.8 Å². The molecule has 0 atom stereocenters. The van der Waals surface area contributed by atoms with Crippen molar-refractivity contribution in [1.29, 1.82) is 0 Å². The maximum atomic E-state index is 13.0. The van der Waals surface area contributed by atoms with E-state index in [4.69, 9.17) is 4.74 Å². The average molecular weight is 436 g/mol. The van der Waals surface area contributed by atoms with Crippen LogP contribution in [0.3, 0.4) is 0 Å². The predicted molar refractivity (Wildman–Crippen MR) is 124 cm³/mol. The molecule has 1 amide bonds. The predicted octanol–water partition coefficient (Wildman–Crippen LogP) is 3.68. The van der Waals surface area contributed by atoms with Crippen LogP contribution in [0.2, 0.25) is 0 Å². The van der Waals surface area contributed by atoms with E-state index in [1.807, 2.05) is 33.8 Å². The van der Waals surface area contributed by atoms with E-state index >= 15 is 0 Å². The third-order valence-corrected chi connectivity index (χ3v) is 4.85. The minimum absolute atomic E-state index is 0.00359. The molecule has 0 spiro atoms. The van der Waals surface area contributed by atoms with Gasteiger partial charge in [0.05, 0.1) is 11.1 Å². The molecule has 0 saturated heterocycles. The van der Waals surface area contributed by atoms with Crippen molar-refractivity contribution in [3.05, 3.63) is 70.6 Å². The zero-order chi connectivity index (χ0) is 23.3. The maximum Gasteiger partial charge on any atom is 0.359 e. The molecule has 1 aromatic heterocycles. The molecule has 32 heavy (non-hydrogen) atoms. The summed E-state index contributed by atoms with van der Waals surface area (Å²) >= 11 is 0.